The van der Waals surface area contributed by atoms with Gasteiger partial charge in [-0.05, 0) is 30.7 Å². The summed E-state index contributed by atoms with van der Waals surface area (Å²) in [5.74, 6) is -15.4. The number of amides is 2. The van der Waals surface area contributed by atoms with E-state index in [2.05, 4.69) is 15.4 Å². The lowest BCUT2D eigenvalue weighted by Crippen LogP contribution is -2.16. The third kappa shape index (κ3) is 5.26. The van der Waals surface area contributed by atoms with Crippen LogP contribution in [-0.4, -0.2) is 26.6 Å². The van der Waals surface area contributed by atoms with Gasteiger partial charge in [0.2, 0.25) is 29.1 Å². The molecular formula is C26H16F7N5O4S. The predicted molar refractivity (Wildman–Crippen MR) is 137 cm³/mol. The van der Waals surface area contributed by atoms with E-state index in [9.17, 15) is 40.3 Å². The summed E-state index contributed by atoms with van der Waals surface area (Å²) in [6.07, 6.45) is -1.42. The molecule has 5 aromatic rings. The summed E-state index contributed by atoms with van der Waals surface area (Å²) in [5.41, 5.74) is 5.81. The molecule has 0 atom stereocenters. The summed E-state index contributed by atoms with van der Waals surface area (Å²) in [4.78, 5) is 29.1. The number of halogens is 7. The van der Waals surface area contributed by atoms with Gasteiger partial charge >= 0.3 is 0 Å². The van der Waals surface area contributed by atoms with Gasteiger partial charge in [0.1, 0.15) is 27.8 Å². The van der Waals surface area contributed by atoms with Crippen molar-refractivity contribution in [1.82, 2.24) is 14.8 Å². The Morgan fingerprint density at radius 2 is 1.72 bits per heavy atom. The number of nitrogens with one attached hydrogen (secondary N) is 1. The average molecular weight is 627 g/mol. The highest BCUT2D eigenvalue weighted by molar-refractivity contribution is 7.21. The van der Waals surface area contributed by atoms with E-state index in [-0.39, 0.29) is 32.1 Å². The van der Waals surface area contributed by atoms with Crippen LogP contribution < -0.4 is 15.8 Å². The summed E-state index contributed by atoms with van der Waals surface area (Å²) in [5, 5.41) is 6.80. The molecule has 5 rings (SSSR count). The number of ether oxygens (including phenoxy) is 1. The van der Waals surface area contributed by atoms with Crippen molar-refractivity contribution in [1.29, 1.82) is 0 Å². The molecule has 0 fully saturated rings. The zero-order valence-electron chi connectivity index (χ0n) is 21.7. The Morgan fingerprint density at radius 3 is 2.30 bits per heavy atom. The second-order valence-electron chi connectivity index (χ2n) is 8.96. The number of anilines is 1. The van der Waals surface area contributed by atoms with Gasteiger partial charge in [-0.1, -0.05) is 0 Å². The molecule has 0 saturated carbocycles. The first-order valence-corrected chi connectivity index (χ1v) is 12.7. The maximum atomic E-state index is 13.9. The molecule has 0 radical (unpaired) electrons. The van der Waals surface area contributed by atoms with Crippen molar-refractivity contribution < 1.29 is 49.5 Å². The van der Waals surface area contributed by atoms with Gasteiger partial charge in [-0.25, -0.2) is 26.9 Å². The number of carbonyl (C=O) groups excluding carboxylic acids is 2. The fourth-order valence-electron chi connectivity index (χ4n) is 4.21. The number of furan rings is 1. The Kier molecular flexibility index (Phi) is 7.59. The van der Waals surface area contributed by atoms with E-state index < -0.39 is 71.1 Å². The SMILES string of the molecule is Cc1nn(C)cc1-c1cc(C(F)F)nc2sc(C(N)=O)c(NC(=O)c3ccc(COc4c(F)c(F)c(F)c(F)c4F)o3)c12. The number of aromatic nitrogens is 3. The number of pyridine rings is 1. The third-order valence-corrected chi connectivity index (χ3v) is 7.18. The highest BCUT2D eigenvalue weighted by Gasteiger charge is 2.29. The van der Waals surface area contributed by atoms with Crippen LogP contribution in [0.25, 0.3) is 21.3 Å². The van der Waals surface area contributed by atoms with Gasteiger partial charge in [-0.15, -0.1) is 11.3 Å². The highest BCUT2D eigenvalue weighted by Crippen LogP contribution is 2.43. The molecule has 9 nitrogen and oxygen atoms in total. The number of hydrogen-bond acceptors (Lipinski definition) is 7. The minimum absolute atomic E-state index is 0.0310. The highest BCUT2D eigenvalue weighted by atomic mass is 32.1. The van der Waals surface area contributed by atoms with Crippen LogP contribution in [0.4, 0.5) is 36.4 Å². The summed E-state index contributed by atoms with van der Waals surface area (Å²) >= 11 is 0.669. The maximum absolute atomic E-state index is 13.9. The molecule has 0 bridgehead atoms. The molecule has 1 aromatic carbocycles. The molecule has 3 N–H and O–H groups in total. The third-order valence-electron chi connectivity index (χ3n) is 6.09. The Hall–Kier alpha value is -4.93. The molecule has 0 aliphatic heterocycles. The number of thiophene rings is 1. The van der Waals surface area contributed by atoms with Crippen molar-refractivity contribution in [3.05, 3.63) is 81.3 Å². The van der Waals surface area contributed by atoms with Crippen LogP contribution in [0.5, 0.6) is 5.75 Å². The van der Waals surface area contributed by atoms with Crippen molar-refractivity contribution >= 4 is 39.1 Å². The number of fused-ring (bicyclic) bond motifs is 1. The number of nitrogens with zero attached hydrogens (tertiary/aromatic N) is 3. The van der Waals surface area contributed by atoms with Gasteiger partial charge in [0, 0.05) is 24.2 Å². The van der Waals surface area contributed by atoms with Crippen LogP contribution in [0.1, 0.15) is 43.8 Å². The van der Waals surface area contributed by atoms with Gasteiger partial charge in [0.15, 0.2) is 11.5 Å². The van der Waals surface area contributed by atoms with E-state index in [4.69, 9.17) is 14.9 Å². The Labute approximate surface area is 239 Å². The van der Waals surface area contributed by atoms with Crippen molar-refractivity contribution in [2.24, 2.45) is 12.8 Å². The van der Waals surface area contributed by atoms with Crippen molar-refractivity contribution in [3.63, 3.8) is 0 Å². The van der Waals surface area contributed by atoms with Crippen LogP contribution in [0.15, 0.2) is 28.8 Å². The van der Waals surface area contributed by atoms with Crippen LogP contribution in [0.3, 0.4) is 0 Å². The van der Waals surface area contributed by atoms with E-state index in [1.165, 1.54) is 4.68 Å². The molecule has 0 aliphatic rings. The van der Waals surface area contributed by atoms with Gasteiger partial charge in [0.05, 0.1) is 11.4 Å². The standard InChI is InChI=1S/C26H16F7N5O4S/c1-8-11(6-38(2)37-8)10-5-12(23(32)33)35-26-14(10)20(22(43-26)24(34)39)36-25(40)13-4-3-9(42-13)7-41-21-18(30)16(28)15(27)17(29)19(21)31/h3-6,23H,7H2,1-2H3,(H2,34,39)(H,36,40). The smallest absolute Gasteiger partial charge is 0.291 e. The van der Waals surface area contributed by atoms with E-state index in [0.29, 0.717) is 22.6 Å². The predicted octanol–water partition coefficient (Wildman–Crippen LogP) is 6.16. The number of alkyl halides is 2. The minimum atomic E-state index is -2.97. The van der Waals surface area contributed by atoms with Gasteiger partial charge in [-0.3, -0.25) is 14.3 Å². The lowest BCUT2D eigenvalue weighted by Gasteiger charge is -2.10. The first kappa shape index (κ1) is 29.6. The van der Waals surface area contributed by atoms with E-state index >= 15 is 0 Å². The molecule has 4 aromatic heterocycles. The fraction of sp³-hybridized carbons (Fsp3) is 0.154. The quantitative estimate of drug-likeness (QED) is 0.121. The summed E-state index contributed by atoms with van der Waals surface area (Å²) in [6, 6.07) is 3.33. The fourth-order valence-corrected chi connectivity index (χ4v) is 5.22. The van der Waals surface area contributed by atoms with Crippen LogP contribution in [0.2, 0.25) is 0 Å². The molecule has 224 valence electrons. The number of rotatable bonds is 8. The Bertz CT molecular complexity index is 1910. The van der Waals surface area contributed by atoms with Crippen molar-refractivity contribution in [3.8, 4) is 16.9 Å². The summed E-state index contributed by atoms with van der Waals surface area (Å²) in [6.45, 7) is 0.784. The van der Waals surface area contributed by atoms with Gasteiger partial charge < -0.3 is 20.2 Å². The monoisotopic (exact) mass is 627 g/mol. The lowest BCUT2D eigenvalue weighted by atomic mass is 10.0. The topological polar surface area (TPSA) is 125 Å². The van der Waals surface area contributed by atoms with Crippen LogP contribution >= 0.6 is 11.3 Å². The maximum Gasteiger partial charge on any atom is 0.291 e. The van der Waals surface area contributed by atoms with Crippen LogP contribution in [-0.2, 0) is 13.7 Å². The molecule has 0 saturated heterocycles. The van der Waals surface area contributed by atoms with Crippen molar-refractivity contribution in [2.45, 2.75) is 20.0 Å². The zero-order valence-corrected chi connectivity index (χ0v) is 22.5. The Morgan fingerprint density at radius 1 is 1.07 bits per heavy atom. The molecule has 0 unspecified atom stereocenters. The molecular weight excluding hydrogens is 611 g/mol. The van der Waals surface area contributed by atoms with E-state index in [1.807, 2.05) is 0 Å². The number of carbonyl (C=O) groups is 2. The van der Waals surface area contributed by atoms with Crippen LogP contribution in [0, 0.1) is 36.0 Å². The number of nitrogens with two attached hydrogens (primary N) is 1. The number of hydrogen-bond donors (Lipinski definition) is 2. The Balaban J connectivity index is 1.50. The first-order chi connectivity index (χ1) is 20.3. The number of benzene rings is 1. The first-order valence-electron chi connectivity index (χ1n) is 11.9. The average Bonchev–Trinajstić information content (AvgIpc) is 3.67. The molecule has 0 spiro atoms. The zero-order chi connectivity index (χ0) is 31.3. The van der Waals surface area contributed by atoms with E-state index in [1.54, 1.807) is 20.2 Å². The largest absolute Gasteiger partial charge is 0.479 e. The molecule has 43 heavy (non-hydrogen) atoms. The molecule has 4 heterocycles. The number of primary amides is 1. The van der Waals surface area contributed by atoms with Gasteiger partial charge in [-0.2, -0.15) is 13.9 Å². The molecule has 0 aliphatic carbocycles. The van der Waals surface area contributed by atoms with Gasteiger partial charge in [0.25, 0.3) is 18.2 Å². The second-order valence-corrected chi connectivity index (χ2v) is 9.95. The summed E-state index contributed by atoms with van der Waals surface area (Å²) in [7, 11) is 1.61. The molecule has 2 amide bonds. The second kappa shape index (κ2) is 11.0. The number of aryl methyl sites for hydroxylation is 2. The normalized spacial score (nSPS) is 11.5. The lowest BCUT2D eigenvalue weighted by molar-refractivity contribution is 0.0992. The van der Waals surface area contributed by atoms with Crippen molar-refractivity contribution in [2.75, 3.05) is 5.32 Å². The van der Waals surface area contributed by atoms with E-state index in [0.717, 1.165) is 18.2 Å². The minimum Gasteiger partial charge on any atom is -0.479 e. The molecule has 17 heteroatoms. The summed E-state index contributed by atoms with van der Waals surface area (Å²) < 4.78 is 107.